The van der Waals surface area contributed by atoms with Crippen molar-refractivity contribution in [1.82, 2.24) is 14.8 Å². The summed E-state index contributed by atoms with van der Waals surface area (Å²) in [4.78, 5) is 21.2. The van der Waals surface area contributed by atoms with Gasteiger partial charge in [0.05, 0.1) is 36.6 Å². The Kier molecular flexibility index (Phi) is 4.26. The van der Waals surface area contributed by atoms with Crippen molar-refractivity contribution in [1.29, 1.82) is 0 Å². The van der Waals surface area contributed by atoms with Crippen molar-refractivity contribution in [3.63, 3.8) is 0 Å². The molecule has 1 amide bonds. The number of hydrogen-bond acceptors (Lipinski definition) is 6. The Balaban J connectivity index is 1.61. The van der Waals surface area contributed by atoms with Crippen molar-refractivity contribution in [3.8, 4) is 0 Å². The Labute approximate surface area is 128 Å². The first-order valence-electron chi connectivity index (χ1n) is 7.29. The third-order valence-electron chi connectivity index (χ3n) is 4.18. The van der Waals surface area contributed by atoms with Gasteiger partial charge in [0.15, 0.2) is 0 Å². The van der Waals surface area contributed by atoms with E-state index in [1.807, 2.05) is 6.92 Å². The summed E-state index contributed by atoms with van der Waals surface area (Å²) in [6.07, 6.45) is 0.633. The zero-order valence-electron chi connectivity index (χ0n) is 12.2. The zero-order valence-corrected chi connectivity index (χ0v) is 13.1. The number of carbonyl (C=O) groups is 1. The van der Waals surface area contributed by atoms with Gasteiger partial charge in [-0.25, -0.2) is 4.98 Å². The van der Waals surface area contributed by atoms with Crippen LogP contribution in [0.2, 0.25) is 0 Å². The van der Waals surface area contributed by atoms with Crippen LogP contribution in [-0.2, 0) is 4.74 Å². The van der Waals surface area contributed by atoms with Gasteiger partial charge in [-0.05, 0) is 13.3 Å². The van der Waals surface area contributed by atoms with E-state index in [1.165, 1.54) is 11.3 Å². The number of hydrogen-bond donors (Lipinski definition) is 1. The number of carbonyl (C=O) groups excluding carboxylic acids is 1. The van der Waals surface area contributed by atoms with Crippen molar-refractivity contribution >= 4 is 17.2 Å². The number of aromatic nitrogens is 1. The molecule has 0 bridgehead atoms. The van der Waals surface area contributed by atoms with Gasteiger partial charge in [0, 0.05) is 26.2 Å². The molecule has 0 radical (unpaired) electrons. The number of likely N-dealkylation sites (tertiary alicyclic amines) is 1. The quantitative estimate of drug-likeness (QED) is 0.873. The van der Waals surface area contributed by atoms with Crippen molar-refractivity contribution in [2.45, 2.75) is 18.9 Å². The molecule has 1 aromatic heterocycles. The largest absolute Gasteiger partial charge is 0.387 e. The van der Waals surface area contributed by atoms with Crippen molar-refractivity contribution in [2.75, 3.05) is 45.9 Å². The number of amides is 1. The van der Waals surface area contributed by atoms with Gasteiger partial charge < -0.3 is 14.7 Å². The minimum absolute atomic E-state index is 0.00657. The second-order valence-electron chi connectivity index (χ2n) is 5.86. The summed E-state index contributed by atoms with van der Waals surface area (Å²) in [7, 11) is 0. The Bertz CT molecular complexity index is 515. The van der Waals surface area contributed by atoms with E-state index in [4.69, 9.17) is 4.74 Å². The summed E-state index contributed by atoms with van der Waals surface area (Å²) in [5, 5.41) is 10.7. The second-order valence-corrected chi connectivity index (χ2v) is 6.71. The van der Waals surface area contributed by atoms with Crippen LogP contribution < -0.4 is 0 Å². The Morgan fingerprint density at radius 2 is 2.24 bits per heavy atom. The topological polar surface area (TPSA) is 65.9 Å². The molecule has 2 aliphatic heterocycles. The van der Waals surface area contributed by atoms with Crippen LogP contribution in [0.15, 0.2) is 5.51 Å². The predicted molar refractivity (Wildman–Crippen MR) is 79.6 cm³/mol. The predicted octanol–water partition coefficient (Wildman–Crippen LogP) is 0.361. The summed E-state index contributed by atoms with van der Waals surface area (Å²) in [6, 6.07) is 0. The van der Waals surface area contributed by atoms with Gasteiger partial charge in [0.1, 0.15) is 4.88 Å². The highest BCUT2D eigenvalue weighted by Gasteiger charge is 2.40. The molecular formula is C14H21N3O3S. The highest BCUT2D eigenvalue weighted by molar-refractivity contribution is 7.11. The zero-order chi connectivity index (χ0) is 14.9. The molecular weight excluding hydrogens is 290 g/mol. The van der Waals surface area contributed by atoms with E-state index >= 15 is 0 Å². The molecule has 0 unspecified atom stereocenters. The summed E-state index contributed by atoms with van der Waals surface area (Å²) in [5.74, 6) is -0.00657. The van der Waals surface area contributed by atoms with Gasteiger partial charge >= 0.3 is 0 Å². The Morgan fingerprint density at radius 3 is 2.90 bits per heavy atom. The first-order chi connectivity index (χ1) is 10.1. The lowest BCUT2D eigenvalue weighted by Gasteiger charge is -2.33. The molecule has 0 aromatic carbocycles. The summed E-state index contributed by atoms with van der Waals surface area (Å²) in [5.41, 5.74) is 1.66. The van der Waals surface area contributed by atoms with Crippen molar-refractivity contribution in [2.24, 2.45) is 0 Å². The fourth-order valence-electron chi connectivity index (χ4n) is 2.99. The number of morpholine rings is 1. The maximum Gasteiger partial charge on any atom is 0.265 e. The molecule has 7 heteroatoms. The van der Waals surface area contributed by atoms with E-state index in [0.29, 0.717) is 30.9 Å². The molecule has 1 atom stereocenters. The van der Waals surface area contributed by atoms with Crippen LogP contribution in [0, 0.1) is 6.92 Å². The van der Waals surface area contributed by atoms with E-state index in [2.05, 4.69) is 9.88 Å². The van der Waals surface area contributed by atoms with E-state index < -0.39 is 5.60 Å². The maximum absolute atomic E-state index is 12.5. The number of thiazole rings is 1. The van der Waals surface area contributed by atoms with E-state index in [-0.39, 0.29) is 5.91 Å². The Morgan fingerprint density at radius 1 is 1.48 bits per heavy atom. The molecule has 0 aliphatic carbocycles. The third-order valence-corrected chi connectivity index (χ3v) is 5.10. The fourth-order valence-corrected chi connectivity index (χ4v) is 3.75. The number of ether oxygens (including phenoxy) is 1. The number of nitrogens with zero attached hydrogens (tertiary/aromatic N) is 3. The average Bonchev–Trinajstić information content (AvgIpc) is 3.06. The molecule has 21 heavy (non-hydrogen) atoms. The maximum atomic E-state index is 12.5. The van der Waals surface area contributed by atoms with Crippen LogP contribution in [0.5, 0.6) is 0 Å². The van der Waals surface area contributed by atoms with Crippen molar-refractivity contribution in [3.05, 3.63) is 16.1 Å². The monoisotopic (exact) mass is 311 g/mol. The van der Waals surface area contributed by atoms with Gasteiger partial charge in [0.25, 0.3) is 5.91 Å². The van der Waals surface area contributed by atoms with Gasteiger partial charge in [0.2, 0.25) is 0 Å². The molecule has 3 rings (SSSR count). The van der Waals surface area contributed by atoms with Gasteiger partial charge in [-0.2, -0.15) is 0 Å². The van der Waals surface area contributed by atoms with Gasteiger partial charge in [-0.15, -0.1) is 11.3 Å². The van der Waals surface area contributed by atoms with Gasteiger partial charge in [-0.3, -0.25) is 9.69 Å². The molecule has 2 saturated heterocycles. The molecule has 2 aliphatic rings. The highest BCUT2D eigenvalue weighted by Crippen LogP contribution is 2.26. The van der Waals surface area contributed by atoms with Crippen LogP contribution in [-0.4, -0.2) is 77.3 Å². The molecule has 0 spiro atoms. The minimum Gasteiger partial charge on any atom is -0.387 e. The molecule has 0 saturated carbocycles. The first-order valence-corrected chi connectivity index (χ1v) is 8.17. The normalized spacial score (nSPS) is 27.2. The molecule has 6 nitrogen and oxygen atoms in total. The lowest BCUT2D eigenvalue weighted by molar-refractivity contribution is -0.0257. The number of rotatable bonds is 3. The van der Waals surface area contributed by atoms with Crippen LogP contribution in [0.25, 0.3) is 0 Å². The number of aliphatic hydroxyl groups is 1. The standard InChI is InChI=1S/C14H21N3O3S/c1-11-12(21-10-15-11)13(18)17-3-2-14(19,9-17)8-16-4-6-20-7-5-16/h10,19H,2-9H2,1H3/t14-/m1/s1. The second kappa shape index (κ2) is 6.00. The third kappa shape index (κ3) is 3.26. The van der Waals surface area contributed by atoms with Crippen LogP contribution >= 0.6 is 11.3 Å². The van der Waals surface area contributed by atoms with E-state index in [0.717, 1.165) is 32.0 Å². The molecule has 2 fully saturated rings. The average molecular weight is 311 g/mol. The molecule has 116 valence electrons. The van der Waals surface area contributed by atoms with Crippen LogP contribution in [0.3, 0.4) is 0 Å². The van der Waals surface area contributed by atoms with Gasteiger partial charge in [-0.1, -0.05) is 0 Å². The molecule has 1 aromatic rings. The lowest BCUT2D eigenvalue weighted by Crippen LogP contribution is -2.49. The van der Waals surface area contributed by atoms with Crippen LogP contribution in [0.1, 0.15) is 21.8 Å². The fraction of sp³-hybridized carbons (Fsp3) is 0.714. The molecule has 1 N–H and O–H groups in total. The minimum atomic E-state index is -0.800. The summed E-state index contributed by atoms with van der Waals surface area (Å²) < 4.78 is 5.33. The lowest BCUT2D eigenvalue weighted by atomic mass is 10.0. The van der Waals surface area contributed by atoms with Crippen molar-refractivity contribution < 1.29 is 14.6 Å². The summed E-state index contributed by atoms with van der Waals surface area (Å²) in [6.45, 7) is 6.62. The number of β-amino-alcohol motifs (C(OH)–C–C–N with tert-alkyl or cyclic N) is 1. The molecule has 3 heterocycles. The smallest absolute Gasteiger partial charge is 0.265 e. The Hall–Kier alpha value is -1.02. The highest BCUT2D eigenvalue weighted by atomic mass is 32.1. The van der Waals surface area contributed by atoms with E-state index in [9.17, 15) is 9.90 Å². The SMILES string of the molecule is Cc1ncsc1C(=O)N1CC[C@@](O)(CN2CCOCC2)C1. The van der Waals surface area contributed by atoms with Crippen LogP contribution in [0.4, 0.5) is 0 Å². The summed E-state index contributed by atoms with van der Waals surface area (Å²) >= 11 is 1.37. The van der Waals surface area contributed by atoms with E-state index in [1.54, 1.807) is 10.4 Å². The number of aryl methyl sites for hydroxylation is 1. The first kappa shape index (κ1) is 14.9.